The number of methoxy groups -OCH3 is 1. The molecule has 0 atom stereocenters. The highest BCUT2D eigenvalue weighted by molar-refractivity contribution is 14.0. The fourth-order valence-electron chi connectivity index (χ4n) is 2.70. The Morgan fingerprint density at radius 3 is 2.77 bits per heavy atom. The molecule has 2 aromatic heterocycles. The fourth-order valence-corrected chi connectivity index (χ4v) is 2.70. The van der Waals surface area contributed by atoms with Gasteiger partial charge in [0.15, 0.2) is 17.4 Å². The van der Waals surface area contributed by atoms with Crippen LogP contribution in [0.2, 0.25) is 0 Å². The molecule has 0 unspecified atom stereocenters. The van der Waals surface area contributed by atoms with Crippen molar-refractivity contribution in [2.45, 2.75) is 26.6 Å². The summed E-state index contributed by atoms with van der Waals surface area (Å²) in [4.78, 5) is 4.46. The summed E-state index contributed by atoms with van der Waals surface area (Å²) in [6.45, 7) is 0.148. The van der Waals surface area contributed by atoms with Crippen molar-refractivity contribution in [3.05, 3.63) is 54.0 Å². The molecule has 8 nitrogen and oxygen atoms in total. The third-order valence-corrected chi connectivity index (χ3v) is 4.03. The summed E-state index contributed by atoms with van der Waals surface area (Å²) in [5.74, 6) is 1.81. The number of halogens is 3. The summed E-state index contributed by atoms with van der Waals surface area (Å²) in [6, 6.07) is 10.3. The van der Waals surface area contributed by atoms with Crippen LogP contribution in [-0.2, 0) is 13.1 Å². The standard InChI is InChI=1S/C19H22F2N6O2.HI/c1-3-22-19(24-12-17-26-25-16-6-4-5-9-27(16)17)23-11-13-10-14(28-2)7-8-15(13)29-18(20)21;/h4-10,18H,3,11-12H2,1-2H3,(H2,22,23,24);1H. The average molecular weight is 532 g/mol. The zero-order chi connectivity index (χ0) is 20.6. The maximum atomic E-state index is 12.7. The summed E-state index contributed by atoms with van der Waals surface area (Å²) in [5, 5.41) is 14.6. The Labute approximate surface area is 189 Å². The number of alkyl halides is 2. The minimum Gasteiger partial charge on any atom is -0.497 e. The van der Waals surface area contributed by atoms with Crippen LogP contribution in [0.5, 0.6) is 11.5 Å². The van der Waals surface area contributed by atoms with Gasteiger partial charge in [-0.05, 0) is 37.3 Å². The van der Waals surface area contributed by atoms with E-state index >= 15 is 0 Å². The predicted octanol–water partition coefficient (Wildman–Crippen LogP) is 3.21. The van der Waals surface area contributed by atoms with E-state index in [0.29, 0.717) is 36.2 Å². The van der Waals surface area contributed by atoms with E-state index in [1.165, 1.54) is 13.2 Å². The average Bonchev–Trinajstić information content (AvgIpc) is 3.13. The number of pyridine rings is 1. The van der Waals surface area contributed by atoms with Crippen molar-refractivity contribution in [3.8, 4) is 11.5 Å². The Bertz CT molecular complexity index is 983. The van der Waals surface area contributed by atoms with E-state index in [1.54, 1.807) is 12.1 Å². The molecule has 3 rings (SSSR count). The number of hydrogen-bond donors (Lipinski definition) is 2. The van der Waals surface area contributed by atoms with E-state index in [0.717, 1.165) is 5.65 Å². The number of benzene rings is 1. The maximum absolute atomic E-state index is 12.7. The van der Waals surface area contributed by atoms with Gasteiger partial charge in [0, 0.05) is 18.3 Å². The number of fused-ring (bicyclic) bond motifs is 1. The quantitative estimate of drug-likeness (QED) is 0.264. The second kappa shape index (κ2) is 11.5. The molecule has 11 heteroatoms. The first-order valence-electron chi connectivity index (χ1n) is 9.03. The lowest BCUT2D eigenvalue weighted by atomic mass is 10.2. The lowest BCUT2D eigenvalue weighted by Gasteiger charge is -2.13. The number of hydrogen-bond acceptors (Lipinski definition) is 5. The second-order valence-electron chi connectivity index (χ2n) is 5.95. The summed E-state index contributed by atoms with van der Waals surface area (Å²) in [5.41, 5.74) is 1.23. The molecule has 3 aromatic rings. The van der Waals surface area contributed by atoms with Gasteiger partial charge in [0.25, 0.3) is 0 Å². The van der Waals surface area contributed by atoms with Gasteiger partial charge in [-0.3, -0.25) is 4.40 Å². The van der Waals surface area contributed by atoms with Crippen molar-refractivity contribution in [3.63, 3.8) is 0 Å². The summed E-state index contributed by atoms with van der Waals surface area (Å²) < 4.78 is 37.0. The molecule has 0 amide bonds. The molecule has 0 bridgehead atoms. The second-order valence-corrected chi connectivity index (χ2v) is 5.95. The molecule has 1 aromatic carbocycles. The molecule has 0 radical (unpaired) electrons. The van der Waals surface area contributed by atoms with Crippen molar-refractivity contribution >= 4 is 35.6 Å². The van der Waals surface area contributed by atoms with E-state index in [9.17, 15) is 8.78 Å². The first-order chi connectivity index (χ1) is 14.1. The Hall–Kier alpha value is -2.70. The van der Waals surface area contributed by atoms with Crippen LogP contribution in [0.25, 0.3) is 5.65 Å². The van der Waals surface area contributed by atoms with Crippen molar-refractivity contribution in [2.24, 2.45) is 4.99 Å². The van der Waals surface area contributed by atoms with E-state index in [4.69, 9.17) is 4.74 Å². The van der Waals surface area contributed by atoms with Gasteiger partial charge in [-0.25, -0.2) is 4.99 Å². The number of guanidine groups is 1. The molecule has 0 saturated carbocycles. The molecule has 0 aliphatic heterocycles. The van der Waals surface area contributed by atoms with Gasteiger partial charge in [-0.1, -0.05) is 6.07 Å². The third kappa shape index (κ3) is 6.15. The van der Waals surface area contributed by atoms with Gasteiger partial charge >= 0.3 is 6.61 Å². The molecular formula is C19H23F2IN6O2. The van der Waals surface area contributed by atoms with Gasteiger partial charge in [-0.2, -0.15) is 8.78 Å². The topological polar surface area (TPSA) is 85.1 Å². The molecule has 0 saturated heterocycles. The van der Waals surface area contributed by atoms with E-state index in [2.05, 4.69) is 30.6 Å². The molecule has 162 valence electrons. The Morgan fingerprint density at radius 1 is 1.20 bits per heavy atom. The Kier molecular flexibility index (Phi) is 9.02. The van der Waals surface area contributed by atoms with Gasteiger partial charge < -0.3 is 20.1 Å². The van der Waals surface area contributed by atoms with Crippen LogP contribution in [0.4, 0.5) is 8.78 Å². The van der Waals surface area contributed by atoms with Crippen LogP contribution < -0.4 is 20.1 Å². The normalized spacial score (nSPS) is 11.3. The van der Waals surface area contributed by atoms with Crippen LogP contribution in [0, 0.1) is 0 Å². The number of rotatable bonds is 8. The SMILES string of the molecule is CCNC(=NCc1cc(OC)ccc1OC(F)F)NCc1nnc2ccccn12.I. The highest BCUT2D eigenvalue weighted by Gasteiger charge is 2.12. The fraction of sp³-hybridized carbons (Fsp3) is 0.316. The minimum atomic E-state index is -2.92. The van der Waals surface area contributed by atoms with Gasteiger partial charge in [0.1, 0.15) is 11.5 Å². The van der Waals surface area contributed by atoms with Gasteiger partial charge in [0.2, 0.25) is 0 Å². The maximum Gasteiger partial charge on any atom is 0.387 e. The van der Waals surface area contributed by atoms with Crippen LogP contribution in [-0.4, -0.2) is 40.8 Å². The number of nitrogens with zero attached hydrogens (tertiary/aromatic N) is 4. The number of nitrogens with one attached hydrogen (secondary N) is 2. The minimum absolute atomic E-state index is 0. The molecule has 0 spiro atoms. The highest BCUT2D eigenvalue weighted by atomic mass is 127. The summed E-state index contributed by atoms with van der Waals surface area (Å²) >= 11 is 0. The molecular weight excluding hydrogens is 509 g/mol. The first-order valence-corrected chi connectivity index (χ1v) is 9.03. The molecule has 2 N–H and O–H groups in total. The summed E-state index contributed by atoms with van der Waals surface area (Å²) in [7, 11) is 1.50. The molecule has 30 heavy (non-hydrogen) atoms. The zero-order valence-electron chi connectivity index (χ0n) is 16.5. The molecule has 0 aliphatic rings. The number of aromatic nitrogens is 3. The lowest BCUT2D eigenvalue weighted by Crippen LogP contribution is -2.37. The number of ether oxygens (including phenoxy) is 2. The smallest absolute Gasteiger partial charge is 0.387 e. The molecule has 2 heterocycles. The van der Waals surface area contributed by atoms with Crippen LogP contribution in [0.15, 0.2) is 47.6 Å². The van der Waals surface area contributed by atoms with Crippen LogP contribution in [0.1, 0.15) is 18.3 Å². The largest absolute Gasteiger partial charge is 0.497 e. The number of aliphatic imine (C=N–C) groups is 1. The third-order valence-electron chi connectivity index (χ3n) is 4.03. The molecule has 0 fully saturated rings. The molecule has 0 aliphatic carbocycles. The van der Waals surface area contributed by atoms with Gasteiger partial charge in [-0.15, -0.1) is 34.2 Å². The first kappa shape index (κ1) is 23.6. The van der Waals surface area contributed by atoms with Crippen LogP contribution in [0.3, 0.4) is 0 Å². The van der Waals surface area contributed by atoms with Crippen LogP contribution >= 0.6 is 24.0 Å². The van der Waals surface area contributed by atoms with Crippen molar-refractivity contribution in [1.29, 1.82) is 0 Å². The van der Waals surface area contributed by atoms with E-state index in [-0.39, 0.29) is 36.3 Å². The van der Waals surface area contributed by atoms with Crippen molar-refractivity contribution in [1.82, 2.24) is 25.2 Å². The highest BCUT2D eigenvalue weighted by Crippen LogP contribution is 2.26. The van der Waals surface area contributed by atoms with E-state index < -0.39 is 6.61 Å². The summed E-state index contributed by atoms with van der Waals surface area (Å²) in [6.07, 6.45) is 1.88. The Morgan fingerprint density at radius 2 is 2.03 bits per heavy atom. The Balaban J connectivity index is 0.00000320. The monoisotopic (exact) mass is 532 g/mol. The zero-order valence-corrected chi connectivity index (χ0v) is 18.8. The lowest BCUT2D eigenvalue weighted by molar-refractivity contribution is -0.0504. The van der Waals surface area contributed by atoms with Crippen molar-refractivity contribution in [2.75, 3.05) is 13.7 Å². The predicted molar refractivity (Wildman–Crippen MR) is 120 cm³/mol. The van der Waals surface area contributed by atoms with Crippen molar-refractivity contribution < 1.29 is 18.3 Å². The van der Waals surface area contributed by atoms with E-state index in [1.807, 2.05) is 35.7 Å². The van der Waals surface area contributed by atoms with Gasteiger partial charge in [0.05, 0.1) is 20.2 Å².